The molecule has 3 rings (SSSR count). The van der Waals surface area contributed by atoms with Gasteiger partial charge in [0, 0.05) is 17.0 Å². The van der Waals surface area contributed by atoms with E-state index in [1.165, 1.54) is 31.3 Å². The number of amides is 2. The number of nitrogens with one attached hydrogen (secondary N) is 2. The third kappa shape index (κ3) is 4.37. The van der Waals surface area contributed by atoms with Crippen LogP contribution in [-0.2, 0) is 14.8 Å². The number of thiophene rings is 1. The molecule has 1 aliphatic heterocycles. The zero-order chi connectivity index (χ0) is 19.4. The largest absolute Gasteiger partial charge is 0.343 e. The molecule has 7 nitrogen and oxygen atoms in total. The lowest BCUT2D eigenvalue weighted by Gasteiger charge is -2.24. The molecule has 2 aromatic rings. The van der Waals surface area contributed by atoms with Crippen molar-refractivity contribution in [3.8, 4) is 0 Å². The van der Waals surface area contributed by atoms with Crippen molar-refractivity contribution in [1.82, 2.24) is 14.9 Å². The standard InChI is InChI=1S/C18H21N3O4S2/c1-19-27(24,25)14-8-6-13(7-9-14)18(23)20-12-17(22)21-10-2-4-15(21)16-5-3-11-26-16/h3,5-9,11,15,19H,2,4,10,12H2,1H3,(H,20,23). The first-order valence-electron chi connectivity index (χ1n) is 8.57. The molecular weight excluding hydrogens is 386 g/mol. The predicted octanol–water partition coefficient (Wildman–Crippen LogP) is 1.75. The Morgan fingerprint density at radius 1 is 1.22 bits per heavy atom. The number of hydrogen-bond acceptors (Lipinski definition) is 5. The van der Waals surface area contributed by atoms with Gasteiger partial charge in [0.05, 0.1) is 17.5 Å². The molecule has 1 aromatic heterocycles. The molecule has 1 aromatic carbocycles. The first-order valence-corrected chi connectivity index (χ1v) is 10.9. The van der Waals surface area contributed by atoms with Gasteiger partial charge < -0.3 is 10.2 Å². The molecule has 144 valence electrons. The van der Waals surface area contributed by atoms with Crippen LogP contribution in [0.5, 0.6) is 0 Å². The van der Waals surface area contributed by atoms with E-state index < -0.39 is 15.9 Å². The van der Waals surface area contributed by atoms with Crippen molar-refractivity contribution in [1.29, 1.82) is 0 Å². The zero-order valence-corrected chi connectivity index (χ0v) is 16.5. The van der Waals surface area contributed by atoms with Crippen LogP contribution in [0.1, 0.15) is 34.1 Å². The molecule has 2 amide bonds. The van der Waals surface area contributed by atoms with Gasteiger partial charge in [-0.15, -0.1) is 11.3 Å². The van der Waals surface area contributed by atoms with Gasteiger partial charge in [-0.2, -0.15) is 0 Å². The Labute approximate surface area is 162 Å². The van der Waals surface area contributed by atoms with Crippen LogP contribution in [0.2, 0.25) is 0 Å². The van der Waals surface area contributed by atoms with Gasteiger partial charge in [0.25, 0.3) is 5.91 Å². The van der Waals surface area contributed by atoms with Crippen LogP contribution >= 0.6 is 11.3 Å². The van der Waals surface area contributed by atoms with Gasteiger partial charge in [-0.3, -0.25) is 9.59 Å². The van der Waals surface area contributed by atoms with Gasteiger partial charge in [-0.05, 0) is 55.6 Å². The summed E-state index contributed by atoms with van der Waals surface area (Å²) in [4.78, 5) is 27.9. The Kier molecular flexibility index (Phi) is 5.93. The van der Waals surface area contributed by atoms with Crippen LogP contribution in [0, 0.1) is 0 Å². The Hall–Kier alpha value is -2.23. The zero-order valence-electron chi connectivity index (χ0n) is 14.8. The van der Waals surface area contributed by atoms with E-state index in [4.69, 9.17) is 0 Å². The second kappa shape index (κ2) is 8.20. The van der Waals surface area contributed by atoms with E-state index >= 15 is 0 Å². The summed E-state index contributed by atoms with van der Waals surface area (Å²) in [6.07, 6.45) is 1.88. The van der Waals surface area contributed by atoms with E-state index in [1.807, 2.05) is 22.4 Å². The maximum atomic E-state index is 12.5. The van der Waals surface area contributed by atoms with Gasteiger partial charge in [0.2, 0.25) is 15.9 Å². The molecule has 1 atom stereocenters. The van der Waals surface area contributed by atoms with Crippen molar-refractivity contribution in [2.24, 2.45) is 0 Å². The average Bonchev–Trinajstić information content (AvgIpc) is 3.37. The van der Waals surface area contributed by atoms with Gasteiger partial charge >= 0.3 is 0 Å². The molecule has 1 unspecified atom stereocenters. The maximum Gasteiger partial charge on any atom is 0.251 e. The molecule has 0 spiro atoms. The van der Waals surface area contributed by atoms with Crippen LogP contribution in [-0.4, -0.2) is 45.3 Å². The lowest BCUT2D eigenvalue weighted by atomic mass is 10.2. The quantitative estimate of drug-likeness (QED) is 0.763. The van der Waals surface area contributed by atoms with Gasteiger partial charge in [0.15, 0.2) is 0 Å². The first kappa shape index (κ1) is 19.5. The minimum Gasteiger partial charge on any atom is -0.343 e. The number of hydrogen-bond donors (Lipinski definition) is 2. The highest BCUT2D eigenvalue weighted by atomic mass is 32.2. The summed E-state index contributed by atoms with van der Waals surface area (Å²) in [6, 6.07) is 9.65. The van der Waals surface area contributed by atoms with Crippen molar-refractivity contribution in [3.05, 3.63) is 52.2 Å². The number of carbonyl (C=O) groups excluding carboxylic acids is 2. The summed E-state index contributed by atoms with van der Waals surface area (Å²) in [5, 5.41) is 4.62. The summed E-state index contributed by atoms with van der Waals surface area (Å²) in [5.41, 5.74) is 0.300. The molecule has 0 saturated carbocycles. The fourth-order valence-electron chi connectivity index (χ4n) is 3.10. The molecule has 1 saturated heterocycles. The molecule has 0 aliphatic carbocycles. The minimum absolute atomic E-state index is 0.0773. The monoisotopic (exact) mass is 407 g/mol. The molecule has 0 radical (unpaired) electrons. The lowest BCUT2D eigenvalue weighted by molar-refractivity contribution is -0.131. The SMILES string of the molecule is CNS(=O)(=O)c1ccc(C(=O)NCC(=O)N2CCCC2c2cccs2)cc1. The second-order valence-corrected chi connectivity index (χ2v) is 9.04. The van der Waals surface area contributed by atoms with E-state index in [-0.39, 0.29) is 23.4 Å². The fourth-order valence-corrected chi connectivity index (χ4v) is 4.71. The minimum atomic E-state index is -3.55. The molecule has 0 bridgehead atoms. The van der Waals surface area contributed by atoms with Crippen molar-refractivity contribution in [3.63, 3.8) is 0 Å². The topological polar surface area (TPSA) is 95.6 Å². The number of sulfonamides is 1. The van der Waals surface area contributed by atoms with Crippen LogP contribution in [0.25, 0.3) is 0 Å². The third-order valence-electron chi connectivity index (χ3n) is 4.54. The van der Waals surface area contributed by atoms with Gasteiger partial charge in [-0.1, -0.05) is 6.07 Å². The lowest BCUT2D eigenvalue weighted by Crippen LogP contribution is -2.39. The summed E-state index contributed by atoms with van der Waals surface area (Å²) in [7, 11) is -2.22. The highest BCUT2D eigenvalue weighted by molar-refractivity contribution is 7.89. The van der Waals surface area contributed by atoms with Gasteiger partial charge in [0.1, 0.15) is 0 Å². The number of likely N-dealkylation sites (tertiary alicyclic amines) is 1. The first-order chi connectivity index (χ1) is 12.9. The van der Waals surface area contributed by atoms with Crippen LogP contribution in [0.15, 0.2) is 46.7 Å². The van der Waals surface area contributed by atoms with Crippen LogP contribution < -0.4 is 10.0 Å². The average molecular weight is 408 g/mol. The Bertz CT molecular complexity index is 909. The Balaban J connectivity index is 1.59. The number of carbonyl (C=O) groups is 2. The molecular formula is C18H21N3O4S2. The summed E-state index contributed by atoms with van der Waals surface area (Å²) in [6.45, 7) is 0.602. The third-order valence-corrected chi connectivity index (χ3v) is 6.94. The molecule has 2 heterocycles. The molecule has 2 N–H and O–H groups in total. The van der Waals surface area contributed by atoms with E-state index in [2.05, 4.69) is 10.0 Å². The molecule has 1 fully saturated rings. The van der Waals surface area contributed by atoms with Crippen molar-refractivity contribution >= 4 is 33.2 Å². The highest BCUT2D eigenvalue weighted by Crippen LogP contribution is 2.34. The number of rotatable bonds is 6. The number of benzene rings is 1. The van der Waals surface area contributed by atoms with E-state index in [0.29, 0.717) is 12.1 Å². The highest BCUT2D eigenvalue weighted by Gasteiger charge is 2.30. The van der Waals surface area contributed by atoms with Crippen LogP contribution in [0.3, 0.4) is 0 Å². The second-order valence-electron chi connectivity index (χ2n) is 6.18. The Morgan fingerprint density at radius 2 is 1.96 bits per heavy atom. The van der Waals surface area contributed by atoms with Gasteiger partial charge in [-0.25, -0.2) is 13.1 Å². The molecule has 1 aliphatic rings. The smallest absolute Gasteiger partial charge is 0.251 e. The molecule has 9 heteroatoms. The summed E-state index contributed by atoms with van der Waals surface area (Å²) in [5.74, 6) is -0.530. The van der Waals surface area contributed by atoms with Crippen molar-refractivity contribution in [2.45, 2.75) is 23.8 Å². The number of nitrogens with zero attached hydrogens (tertiary/aromatic N) is 1. The van der Waals surface area contributed by atoms with Crippen LogP contribution in [0.4, 0.5) is 0 Å². The van der Waals surface area contributed by atoms with E-state index in [9.17, 15) is 18.0 Å². The van der Waals surface area contributed by atoms with Crippen molar-refractivity contribution < 1.29 is 18.0 Å². The normalized spacial score (nSPS) is 17.1. The Morgan fingerprint density at radius 3 is 2.59 bits per heavy atom. The predicted molar refractivity (Wildman–Crippen MR) is 103 cm³/mol. The van der Waals surface area contributed by atoms with Crippen molar-refractivity contribution in [2.75, 3.05) is 20.1 Å². The summed E-state index contributed by atoms with van der Waals surface area (Å²) < 4.78 is 25.6. The van der Waals surface area contributed by atoms with E-state index in [1.54, 1.807) is 11.3 Å². The fraction of sp³-hybridized carbons (Fsp3) is 0.333. The summed E-state index contributed by atoms with van der Waals surface area (Å²) >= 11 is 1.63. The van der Waals surface area contributed by atoms with E-state index in [0.717, 1.165) is 17.7 Å². The maximum absolute atomic E-state index is 12.5. The molecule has 27 heavy (non-hydrogen) atoms.